The van der Waals surface area contributed by atoms with Crippen molar-refractivity contribution < 1.29 is 23.7 Å². The van der Waals surface area contributed by atoms with Gasteiger partial charge in [0, 0.05) is 11.6 Å². The van der Waals surface area contributed by atoms with Gasteiger partial charge in [-0.3, -0.25) is 0 Å². The Hall–Kier alpha value is -3.69. The van der Waals surface area contributed by atoms with Gasteiger partial charge in [-0.25, -0.2) is 4.98 Å². The van der Waals surface area contributed by atoms with Crippen LogP contribution < -0.4 is 0 Å². The molecule has 2 heterocycles. The van der Waals surface area contributed by atoms with Crippen LogP contribution in [0.1, 0.15) is 33.4 Å². The molecule has 0 amide bonds. The van der Waals surface area contributed by atoms with Crippen molar-refractivity contribution in [1.29, 1.82) is 0 Å². The molecule has 1 saturated heterocycles. The molecule has 4 aromatic carbocycles. The van der Waals surface area contributed by atoms with Gasteiger partial charge >= 0.3 is 0 Å². The number of benzene rings is 4. The summed E-state index contributed by atoms with van der Waals surface area (Å²) in [6.45, 7) is 2.01. The average molecular weight is 608 g/mol. The van der Waals surface area contributed by atoms with E-state index >= 15 is 0 Å². The van der Waals surface area contributed by atoms with Gasteiger partial charge in [0.2, 0.25) is 0 Å². The maximum Gasteiger partial charge on any atom is 0.138 e. The van der Waals surface area contributed by atoms with Crippen LogP contribution in [0.15, 0.2) is 133 Å². The minimum Gasteiger partial charge on any atom is -0.374 e. The average Bonchev–Trinajstić information content (AvgIpc) is 3.63. The van der Waals surface area contributed by atoms with Crippen LogP contribution in [0.4, 0.5) is 0 Å². The van der Waals surface area contributed by atoms with Crippen LogP contribution in [-0.2, 0) is 50.1 Å². The Kier molecular flexibility index (Phi) is 10.9. The molecule has 226 valence electrons. The van der Waals surface area contributed by atoms with Crippen molar-refractivity contribution in [2.45, 2.75) is 56.9 Å². The second kappa shape index (κ2) is 15.9. The highest BCUT2D eigenvalue weighted by molar-refractivity contribution is 7.09. The Morgan fingerprint density at radius 3 is 1.48 bits per heavy atom. The molecule has 0 spiro atoms. The molecular formula is C37H37NO5S. The van der Waals surface area contributed by atoms with Crippen molar-refractivity contribution in [1.82, 2.24) is 4.98 Å². The van der Waals surface area contributed by atoms with Gasteiger partial charge in [0.1, 0.15) is 35.5 Å². The standard InChI is InChI=1S/C37H37NO5S/c1-5-13-28(14-6-1)23-39-27-32-33(40-24-29-15-7-2-8-16-29)34(41-25-30-17-9-3-10-18-30)35(36(43-32)37-38-21-22-44-37)42-26-31-19-11-4-12-20-31/h1-22,32-36H,23-27H2/t32-,33-,34+,35-,36-/m1/s1. The SMILES string of the molecule is c1ccc(COC[C@H]2O[C@@H](c3nccs3)[C@H](OCc3ccccc3)[C@@H](OCc3ccccc3)[C@@H]2OCc2ccccc2)cc1. The highest BCUT2D eigenvalue weighted by atomic mass is 32.1. The Labute approximate surface area is 263 Å². The first-order valence-corrected chi connectivity index (χ1v) is 15.8. The number of ether oxygens (including phenoxy) is 5. The third kappa shape index (κ3) is 8.27. The lowest BCUT2D eigenvalue weighted by atomic mass is 9.94. The molecule has 1 aliphatic heterocycles. The number of aromatic nitrogens is 1. The Balaban J connectivity index is 1.31. The minimum absolute atomic E-state index is 0.326. The first-order valence-electron chi connectivity index (χ1n) is 15.0. The topological polar surface area (TPSA) is 59.0 Å². The molecular weight excluding hydrogens is 570 g/mol. The largest absolute Gasteiger partial charge is 0.374 e. The zero-order valence-corrected chi connectivity index (χ0v) is 25.3. The van der Waals surface area contributed by atoms with Crippen LogP contribution in [-0.4, -0.2) is 36.0 Å². The van der Waals surface area contributed by atoms with Gasteiger partial charge in [0.15, 0.2) is 0 Å². The summed E-state index contributed by atoms with van der Waals surface area (Å²) in [5.74, 6) is 0. The van der Waals surface area contributed by atoms with Crippen LogP contribution in [0.2, 0.25) is 0 Å². The lowest BCUT2D eigenvalue weighted by Crippen LogP contribution is -2.58. The predicted molar refractivity (Wildman–Crippen MR) is 171 cm³/mol. The molecule has 0 bridgehead atoms. The van der Waals surface area contributed by atoms with Crippen LogP contribution >= 0.6 is 11.3 Å². The fraction of sp³-hybridized carbons (Fsp3) is 0.270. The molecule has 7 heteroatoms. The van der Waals surface area contributed by atoms with E-state index in [1.807, 2.05) is 78.2 Å². The summed E-state index contributed by atoms with van der Waals surface area (Å²) in [5, 5.41) is 2.80. The number of hydrogen-bond donors (Lipinski definition) is 0. The van der Waals surface area contributed by atoms with Crippen molar-refractivity contribution in [3.8, 4) is 0 Å². The monoisotopic (exact) mass is 607 g/mol. The number of thiazole rings is 1. The molecule has 0 N–H and O–H groups in total. The second-order valence-corrected chi connectivity index (χ2v) is 11.7. The van der Waals surface area contributed by atoms with Crippen molar-refractivity contribution in [3.63, 3.8) is 0 Å². The van der Waals surface area contributed by atoms with Gasteiger partial charge in [0.25, 0.3) is 0 Å². The summed E-state index contributed by atoms with van der Waals surface area (Å²) in [6, 6.07) is 40.7. The molecule has 1 aliphatic rings. The van der Waals surface area contributed by atoms with Crippen molar-refractivity contribution >= 4 is 11.3 Å². The third-order valence-electron chi connectivity index (χ3n) is 7.58. The third-order valence-corrected chi connectivity index (χ3v) is 8.42. The molecule has 44 heavy (non-hydrogen) atoms. The highest BCUT2D eigenvalue weighted by Gasteiger charge is 2.49. The number of rotatable bonds is 14. The lowest BCUT2D eigenvalue weighted by Gasteiger charge is -2.45. The van der Waals surface area contributed by atoms with Gasteiger partial charge in [0.05, 0.1) is 33.0 Å². The van der Waals surface area contributed by atoms with E-state index in [1.165, 1.54) is 0 Å². The molecule has 1 aromatic heterocycles. The Morgan fingerprint density at radius 2 is 1.00 bits per heavy atom. The Bertz CT molecular complexity index is 1490. The van der Waals surface area contributed by atoms with Crippen molar-refractivity contribution in [2.75, 3.05) is 6.61 Å². The van der Waals surface area contributed by atoms with Crippen LogP contribution in [0.5, 0.6) is 0 Å². The van der Waals surface area contributed by atoms with E-state index < -0.39 is 30.5 Å². The first kappa shape index (κ1) is 30.3. The zero-order valence-electron chi connectivity index (χ0n) is 24.5. The first-order chi connectivity index (χ1) is 21.8. The molecule has 6 rings (SSSR count). The molecule has 5 aromatic rings. The van der Waals surface area contributed by atoms with E-state index in [0.717, 1.165) is 27.3 Å². The Morgan fingerprint density at radius 1 is 0.545 bits per heavy atom. The quantitative estimate of drug-likeness (QED) is 0.130. The van der Waals surface area contributed by atoms with Crippen LogP contribution in [0.3, 0.4) is 0 Å². The molecule has 0 aliphatic carbocycles. The number of hydrogen-bond acceptors (Lipinski definition) is 7. The fourth-order valence-electron chi connectivity index (χ4n) is 5.36. The molecule has 0 saturated carbocycles. The normalized spacial score (nSPS) is 21.7. The van der Waals surface area contributed by atoms with Crippen LogP contribution in [0.25, 0.3) is 0 Å². The summed E-state index contributed by atoms with van der Waals surface area (Å²) in [7, 11) is 0. The van der Waals surface area contributed by atoms with Crippen molar-refractivity contribution in [2.24, 2.45) is 0 Å². The van der Waals surface area contributed by atoms with E-state index in [2.05, 4.69) is 53.5 Å². The van der Waals surface area contributed by atoms with Gasteiger partial charge < -0.3 is 23.7 Å². The van der Waals surface area contributed by atoms with Gasteiger partial charge in [-0.15, -0.1) is 11.3 Å². The summed E-state index contributed by atoms with van der Waals surface area (Å²) >= 11 is 1.55. The van der Waals surface area contributed by atoms with Gasteiger partial charge in [-0.2, -0.15) is 0 Å². The van der Waals surface area contributed by atoms with E-state index in [4.69, 9.17) is 23.7 Å². The maximum absolute atomic E-state index is 6.85. The van der Waals surface area contributed by atoms with E-state index in [-0.39, 0.29) is 0 Å². The lowest BCUT2D eigenvalue weighted by molar-refractivity contribution is -0.275. The van der Waals surface area contributed by atoms with E-state index in [1.54, 1.807) is 17.5 Å². The van der Waals surface area contributed by atoms with Crippen LogP contribution in [0, 0.1) is 0 Å². The number of nitrogens with zero attached hydrogens (tertiary/aromatic N) is 1. The molecule has 5 atom stereocenters. The van der Waals surface area contributed by atoms with E-state index in [0.29, 0.717) is 33.0 Å². The maximum atomic E-state index is 6.85. The summed E-state index contributed by atoms with van der Waals surface area (Å²) in [6.07, 6.45) is -0.482. The minimum atomic E-state index is -0.476. The van der Waals surface area contributed by atoms with Crippen molar-refractivity contribution in [3.05, 3.63) is 160 Å². The molecule has 6 nitrogen and oxygen atoms in total. The van der Waals surface area contributed by atoms with Gasteiger partial charge in [-0.05, 0) is 22.3 Å². The summed E-state index contributed by atoms with van der Waals surface area (Å²) < 4.78 is 33.3. The van der Waals surface area contributed by atoms with E-state index in [9.17, 15) is 0 Å². The smallest absolute Gasteiger partial charge is 0.138 e. The second-order valence-electron chi connectivity index (χ2n) is 10.7. The summed E-state index contributed by atoms with van der Waals surface area (Å²) in [5.41, 5.74) is 4.32. The summed E-state index contributed by atoms with van der Waals surface area (Å²) in [4.78, 5) is 4.66. The fourth-order valence-corrected chi connectivity index (χ4v) is 6.07. The predicted octanol–water partition coefficient (Wildman–Crippen LogP) is 7.56. The zero-order chi connectivity index (χ0) is 29.8. The van der Waals surface area contributed by atoms with Gasteiger partial charge in [-0.1, -0.05) is 121 Å². The molecule has 0 radical (unpaired) electrons. The molecule has 1 fully saturated rings. The highest BCUT2D eigenvalue weighted by Crippen LogP contribution is 2.39. The molecule has 0 unspecified atom stereocenters.